The monoisotopic (exact) mass is 170 g/mol. The molecule has 70 valence electrons. The van der Waals surface area contributed by atoms with E-state index in [1.807, 2.05) is 0 Å². The van der Waals surface area contributed by atoms with E-state index in [0.717, 1.165) is 26.1 Å². The summed E-state index contributed by atoms with van der Waals surface area (Å²) in [4.78, 5) is 2.43. The average Bonchev–Trinajstić information content (AvgIpc) is 2.43. The van der Waals surface area contributed by atoms with Crippen molar-refractivity contribution in [3.05, 3.63) is 0 Å². The maximum absolute atomic E-state index is 9.45. The van der Waals surface area contributed by atoms with E-state index >= 15 is 0 Å². The van der Waals surface area contributed by atoms with Crippen LogP contribution in [0.15, 0.2) is 0 Å². The third-order valence-electron chi connectivity index (χ3n) is 3.10. The number of nitrogens with zero attached hydrogens (tertiary/aromatic N) is 1. The number of nitrogens with one attached hydrogen (secondary N) is 1. The summed E-state index contributed by atoms with van der Waals surface area (Å²) in [6, 6.07) is 1.24. The summed E-state index contributed by atoms with van der Waals surface area (Å²) in [5.74, 6) is 0. The van der Waals surface area contributed by atoms with Gasteiger partial charge in [0.05, 0.1) is 6.10 Å². The smallest absolute Gasteiger partial charge is 0.0682 e. The molecule has 2 fully saturated rings. The molecule has 0 bridgehead atoms. The first kappa shape index (κ1) is 8.48. The van der Waals surface area contributed by atoms with Gasteiger partial charge in [-0.15, -0.1) is 0 Å². The Balaban J connectivity index is 1.93. The largest absolute Gasteiger partial charge is 0.392 e. The van der Waals surface area contributed by atoms with E-state index in [9.17, 15) is 5.11 Å². The van der Waals surface area contributed by atoms with E-state index in [0.29, 0.717) is 12.1 Å². The van der Waals surface area contributed by atoms with Gasteiger partial charge in [-0.05, 0) is 12.8 Å². The number of aliphatic hydroxyl groups is 1. The number of piperazine rings is 1. The second-order valence-corrected chi connectivity index (χ2v) is 4.01. The van der Waals surface area contributed by atoms with Gasteiger partial charge < -0.3 is 10.4 Å². The van der Waals surface area contributed by atoms with Crippen molar-refractivity contribution in [2.45, 2.75) is 38.0 Å². The molecule has 0 radical (unpaired) electrons. The van der Waals surface area contributed by atoms with Crippen LogP contribution < -0.4 is 5.32 Å². The molecule has 2 aliphatic heterocycles. The third kappa shape index (κ3) is 1.49. The van der Waals surface area contributed by atoms with Crippen LogP contribution in [0.25, 0.3) is 0 Å². The van der Waals surface area contributed by atoms with Gasteiger partial charge in [0.1, 0.15) is 0 Å². The normalized spacial score (nSPS) is 43.0. The quantitative estimate of drug-likeness (QED) is 0.572. The van der Waals surface area contributed by atoms with Crippen molar-refractivity contribution in [1.82, 2.24) is 10.2 Å². The fraction of sp³-hybridized carbons (Fsp3) is 1.00. The molecule has 2 rings (SSSR count). The molecular formula is C9H18N2O. The summed E-state index contributed by atoms with van der Waals surface area (Å²) in [5.41, 5.74) is 0. The van der Waals surface area contributed by atoms with Crippen molar-refractivity contribution in [2.24, 2.45) is 0 Å². The third-order valence-corrected chi connectivity index (χ3v) is 3.10. The summed E-state index contributed by atoms with van der Waals surface area (Å²) in [5, 5.41) is 13.0. The van der Waals surface area contributed by atoms with Crippen LogP contribution in [-0.2, 0) is 0 Å². The van der Waals surface area contributed by atoms with E-state index in [1.54, 1.807) is 0 Å². The molecular weight excluding hydrogens is 152 g/mol. The molecule has 2 heterocycles. The minimum Gasteiger partial charge on any atom is -0.392 e. The highest BCUT2D eigenvalue weighted by Crippen LogP contribution is 2.20. The Morgan fingerprint density at radius 1 is 1.50 bits per heavy atom. The Bertz CT molecular complexity index is 163. The standard InChI is InChI=1S/C9H18N2O/c1-2-7-5-11-6-9(12)3-8(11)4-10-7/h7-10,12H,2-6H2,1H3/t7-,8-,9+/m1/s1. The zero-order valence-corrected chi connectivity index (χ0v) is 7.66. The summed E-state index contributed by atoms with van der Waals surface area (Å²) in [7, 11) is 0. The summed E-state index contributed by atoms with van der Waals surface area (Å²) >= 11 is 0. The van der Waals surface area contributed by atoms with Crippen LogP contribution in [0.1, 0.15) is 19.8 Å². The molecule has 3 nitrogen and oxygen atoms in total. The van der Waals surface area contributed by atoms with Gasteiger partial charge in [0, 0.05) is 31.7 Å². The highest BCUT2D eigenvalue weighted by Gasteiger charge is 2.34. The van der Waals surface area contributed by atoms with Crippen LogP contribution >= 0.6 is 0 Å². The van der Waals surface area contributed by atoms with Crippen molar-refractivity contribution in [3.63, 3.8) is 0 Å². The van der Waals surface area contributed by atoms with Gasteiger partial charge in [-0.25, -0.2) is 0 Å². The first-order valence-electron chi connectivity index (χ1n) is 4.95. The molecule has 0 unspecified atom stereocenters. The predicted molar refractivity (Wildman–Crippen MR) is 48.1 cm³/mol. The van der Waals surface area contributed by atoms with Gasteiger partial charge in [0.2, 0.25) is 0 Å². The molecule has 0 aromatic rings. The molecule has 2 N–H and O–H groups in total. The Labute approximate surface area is 73.8 Å². The van der Waals surface area contributed by atoms with Crippen LogP contribution in [0.4, 0.5) is 0 Å². The average molecular weight is 170 g/mol. The van der Waals surface area contributed by atoms with Gasteiger partial charge in [0.25, 0.3) is 0 Å². The number of hydrogen-bond donors (Lipinski definition) is 2. The molecule has 0 aliphatic carbocycles. The van der Waals surface area contributed by atoms with E-state index < -0.39 is 0 Å². The minimum absolute atomic E-state index is 0.0765. The lowest BCUT2D eigenvalue weighted by atomic mass is 10.1. The van der Waals surface area contributed by atoms with E-state index in [-0.39, 0.29) is 6.10 Å². The Morgan fingerprint density at radius 3 is 3.08 bits per heavy atom. The zero-order chi connectivity index (χ0) is 8.55. The minimum atomic E-state index is -0.0765. The van der Waals surface area contributed by atoms with Crippen molar-refractivity contribution in [2.75, 3.05) is 19.6 Å². The van der Waals surface area contributed by atoms with Crippen LogP contribution in [0, 0.1) is 0 Å². The first-order chi connectivity index (χ1) is 5.79. The van der Waals surface area contributed by atoms with Gasteiger partial charge >= 0.3 is 0 Å². The maximum Gasteiger partial charge on any atom is 0.0682 e. The molecule has 2 saturated heterocycles. The highest BCUT2D eigenvalue weighted by molar-refractivity contribution is 4.92. The SMILES string of the molecule is CC[C@@H]1CN2C[C@@H](O)C[C@@H]2CN1. The molecule has 3 heteroatoms. The highest BCUT2D eigenvalue weighted by atomic mass is 16.3. The van der Waals surface area contributed by atoms with Gasteiger partial charge in [-0.2, -0.15) is 0 Å². The zero-order valence-electron chi connectivity index (χ0n) is 7.66. The van der Waals surface area contributed by atoms with Gasteiger partial charge in [0.15, 0.2) is 0 Å². The Hall–Kier alpha value is -0.120. The maximum atomic E-state index is 9.45. The van der Waals surface area contributed by atoms with Gasteiger partial charge in [-0.1, -0.05) is 6.92 Å². The fourth-order valence-corrected chi connectivity index (χ4v) is 2.32. The number of hydrogen-bond acceptors (Lipinski definition) is 3. The van der Waals surface area contributed by atoms with Crippen LogP contribution in [-0.4, -0.2) is 47.8 Å². The van der Waals surface area contributed by atoms with E-state index in [4.69, 9.17) is 0 Å². The summed E-state index contributed by atoms with van der Waals surface area (Å²) in [6.07, 6.45) is 2.08. The van der Waals surface area contributed by atoms with Crippen LogP contribution in [0.5, 0.6) is 0 Å². The molecule has 12 heavy (non-hydrogen) atoms. The van der Waals surface area contributed by atoms with E-state index in [2.05, 4.69) is 17.1 Å². The second-order valence-electron chi connectivity index (χ2n) is 4.01. The molecule has 0 saturated carbocycles. The fourth-order valence-electron chi connectivity index (χ4n) is 2.32. The molecule has 3 atom stereocenters. The topological polar surface area (TPSA) is 35.5 Å². The van der Waals surface area contributed by atoms with Crippen molar-refractivity contribution in [1.29, 1.82) is 0 Å². The number of fused-ring (bicyclic) bond motifs is 1. The lowest BCUT2D eigenvalue weighted by Gasteiger charge is -2.35. The van der Waals surface area contributed by atoms with Crippen molar-refractivity contribution in [3.8, 4) is 0 Å². The van der Waals surface area contributed by atoms with Gasteiger partial charge in [-0.3, -0.25) is 4.90 Å². The van der Waals surface area contributed by atoms with Crippen LogP contribution in [0.2, 0.25) is 0 Å². The lowest BCUT2D eigenvalue weighted by molar-refractivity contribution is 0.152. The predicted octanol–water partition coefficient (Wildman–Crippen LogP) is -0.197. The molecule has 0 aromatic carbocycles. The number of rotatable bonds is 1. The lowest BCUT2D eigenvalue weighted by Crippen LogP contribution is -2.53. The second kappa shape index (κ2) is 3.32. The molecule has 2 aliphatic rings. The van der Waals surface area contributed by atoms with Crippen molar-refractivity contribution < 1.29 is 5.11 Å². The molecule has 0 aromatic heterocycles. The first-order valence-corrected chi connectivity index (χ1v) is 4.95. The number of aliphatic hydroxyl groups excluding tert-OH is 1. The summed E-state index contributed by atoms with van der Waals surface area (Å²) in [6.45, 7) is 5.29. The van der Waals surface area contributed by atoms with E-state index in [1.165, 1.54) is 6.42 Å². The molecule has 0 spiro atoms. The van der Waals surface area contributed by atoms with Crippen LogP contribution in [0.3, 0.4) is 0 Å². The molecule has 0 amide bonds. The Morgan fingerprint density at radius 2 is 2.33 bits per heavy atom. The van der Waals surface area contributed by atoms with Crippen molar-refractivity contribution >= 4 is 0 Å². The Kier molecular flexibility index (Phi) is 2.35. The summed E-state index contributed by atoms with van der Waals surface area (Å²) < 4.78 is 0.